The number of hydrogen-bond donors (Lipinski definition) is 5. The Morgan fingerprint density at radius 1 is 0.771 bits per heavy atom. The van der Waals surface area contributed by atoms with E-state index in [1.165, 1.54) is 4.68 Å². The zero-order chi connectivity index (χ0) is 50.4. The monoisotopic (exact) mass is 1020 g/mol. The molecule has 0 bridgehead atoms. The van der Waals surface area contributed by atoms with E-state index >= 15 is 0 Å². The third kappa shape index (κ3) is 17.9. The van der Waals surface area contributed by atoms with E-state index < -0.39 is 102 Å². The summed E-state index contributed by atoms with van der Waals surface area (Å²) in [5, 5.41) is 46.2. The molecule has 384 valence electrons. The van der Waals surface area contributed by atoms with E-state index in [9.17, 15) is 51.7 Å². The molecule has 4 aromatic rings. The first-order valence-corrected chi connectivity index (χ1v) is 22.2. The first kappa shape index (κ1) is 55.7. The minimum atomic E-state index is -2.37. The number of carbonyl (C=O) groups is 3. The summed E-state index contributed by atoms with van der Waals surface area (Å²) >= 11 is 5.93. The van der Waals surface area contributed by atoms with Crippen LogP contribution in [-0.2, 0) is 73.7 Å². The largest absolute Gasteiger partial charge is 0.420 e. The van der Waals surface area contributed by atoms with Gasteiger partial charge in [0.2, 0.25) is 46.6 Å². The van der Waals surface area contributed by atoms with Crippen molar-refractivity contribution in [2.45, 2.75) is 75.8 Å². The molecule has 1 saturated heterocycles. The van der Waals surface area contributed by atoms with Gasteiger partial charge in [-0.2, -0.15) is 8.78 Å². The molecule has 5 rings (SSSR count). The van der Waals surface area contributed by atoms with Crippen molar-refractivity contribution >= 4 is 29.4 Å². The lowest BCUT2D eigenvalue weighted by Crippen LogP contribution is -2.64. The Hall–Kier alpha value is -5.25. The van der Waals surface area contributed by atoms with E-state index in [0.717, 1.165) is 5.56 Å². The molecule has 19 nitrogen and oxygen atoms in total. The van der Waals surface area contributed by atoms with Crippen LogP contribution in [0.4, 0.5) is 22.0 Å². The van der Waals surface area contributed by atoms with Crippen molar-refractivity contribution in [1.82, 2.24) is 25.6 Å². The van der Waals surface area contributed by atoms with Crippen molar-refractivity contribution in [3.05, 3.63) is 112 Å². The molecule has 25 heteroatoms. The van der Waals surface area contributed by atoms with E-state index in [1.54, 1.807) is 30.5 Å². The number of aromatic nitrogens is 3. The van der Waals surface area contributed by atoms with E-state index in [2.05, 4.69) is 25.7 Å². The second-order valence-electron chi connectivity index (χ2n) is 15.4. The number of halogens is 6. The molecular weight excluding hydrogens is 965 g/mol. The average molecular weight is 1020 g/mol. The topological polar surface area (TPSA) is 241 Å². The summed E-state index contributed by atoms with van der Waals surface area (Å²) in [5.74, 6) is -15.6. The number of esters is 1. The Morgan fingerprint density at radius 3 is 2.03 bits per heavy atom. The number of amides is 2. The fraction of sp³-hybridized carbons (Fsp3) is 0.489. The minimum Gasteiger partial charge on any atom is -0.420 e. The summed E-state index contributed by atoms with van der Waals surface area (Å²) in [4.78, 5) is 37.0. The molecule has 0 unspecified atom stereocenters. The highest BCUT2D eigenvalue weighted by Gasteiger charge is 2.46. The number of benzene rings is 3. The summed E-state index contributed by atoms with van der Waals surface area (Å²) in [5.41, 5.74) is 1.91. The Bertz CT molecular complexity index is 2230. The number of aliphatic hydroxyl groups excluding tert-OH is 3. The molecule has 2 amide bonds. The molecule has 0 saturated carbocycles. The van der Waals surface area contributed by atoms with Crippen molar-refractivity contribution in [3.8, 4) is 5.75 Å². The predicted molar refractivity (Wildman–Crippen MR) is 232 cm³/mol. The average Bonchev–Trinajstić information content (AvgIpc) is 3.83. The Balaban J connectivity index is 1.00. The zero-order valence-corrected chi connectivity index (χ0v) is 38.2. The van der Waals surface area contributed by atoms with E-state index in [4.69, 9.17) is 44.8 Å². The van der Waals surface area contributed by atoms with Gasteiger partial charge in [0.15, 0.2) is 6.29 Å². The van der Waals surface area contributed by atoms with E-state index in [-0.39, 0.29) is 85.5 Å². The lowest BCUT2D eigenvalue weighted by molar-refractivity contribution is -0.262. The van der Waals surface area contributed by atoms with Crippen LogP contribution in [-0.4, -0.2) is 151 Å². The maximum absolute atomic E-state index is 13.7. The van der Waals surface area contributed by atoms with Gasteiger partial charge in [-0.15, -0.1) is 5.10 Å². The smallest absolute Gasteiger partial charge is 0.313 e. The SMILES string of the molecule is O=C(Cc1ccc(Cl)cc1)NC[C@@H](O)[C@@H](O)[C@@H]1O[C@@H](OCc2ccccc2)C[C@H](OCc2cn(CCOCCOCCOCCOCCC(=O)Oc3c(F)c(F)c(F)c(F)c3F)nn2)[C@H]1NC(=O)CO. The second-order valence-corrected chi connectivity index (χ2v) is 15.8. The van der Waals surface area contributed by atoms with Crippen molar-refractivity contribution in [2.24, 2.45) is 0 Å². The molecule has 1 aliphatic heterocycles. The molecule has 1 aromatic heterocycles. The molecule has 0 spiro atoms. The van der Waals surface area contributed by atoms with Crippen LogP contribution in [0, 0.1) is 29.1 Å². The van der Waals surface area contributed by atoms with Crippen LogP contribution >= 0.6 is 11.6 Å². The number of nitrogens with one attached hydrogen (secondary N) is 2. The van der Waals surface area contributed by atoms with Crippen LogP contribution in [0.15, 0.2) is 60.8 Å². The molecule has 5 N–H and O–H groups in total. The third-order valence-electron chi connectivity index (χ3n) is 10.2. The van der Waals surface area contributed by atoms with Gasteiger partial charge in [-0.3, -0.25) is 14.4 Å². The normalized spacial score (nSPS) is 17.8. The van der Waals surface area contributed by atoms with E-state index in [1.807, 2.05) is 30.3 Å². The number of hydrogen-bond acceptors (Lipinski definition) is 16. The van der Waals surface area contributed by atoms with Crippen LogP contribution in [0.25, 0.3) is 0 Å². The lowest BCUT2D eigenvalue weighted by atomic mass is 9.91. The van der Waals surface area contributed by atoms with Gasteiger partial charge in [-0.1, -0.05) is 59.3 Å². The van der Waals surface area contributed by atoms with Crippen molar-refractivity contribution in [2.75, 3.05) is 66.0 Å². The van der Waals surface area contributed by atoms with Gasteiger partial charge < -0.3 is 63.8 Å². The van der Waals surface area contributed by atoms with Crippen LogP contribution in [0.2, 0.25) is 5.02 Å². The fourth-order valence-corrected chi connectivity index (χ4v) is 6.76. The van der Waals surface area contributed by atoms with Gasteiger partial charge in [-0.25, -0.2) is 17.9 Å². The van der Waals surface area contributed by atoms with Gasteiger partial charge in [0.05, 0.1) is 110 Å². The van der Waals surface area contributed by atoms with Gasteiger partial charge >= 0.3 is 5.97 Å². The van der Waals surface area contributed by atoms with Crippen molar-refractivity contribution in [3.63, 3.8) is 0 Å². The van der Waals surface area contributed by atoms with E-state index in [0.29, 0.717) is 22.8 Å². The maximum atomic E-state index is 13.7. The number of aliphatic hydroxyl groups is 3. The highest BCUT2D eigenvalue weighted by molar-refractivity contribution is 6.30. The molecule has 1 fully saturated rings. The molecule has 3 aromatic carbocycles. The number of rotatable bonds is 30. The van der Waals surface area contributed by atoms with Crippen LogP contribution in [0.1, 0.15) is 29.7 Å². The van der Waals surface area contributed by atoms with Gasteiger partial charge in [0, 0.05) is 18.0 Å². The van der Waals surface area contributed by atoms with Crippen LogP contribution < -0.4 is 15.4 Å². The second kappa shape index (κ2) is 29.2. The number of nitrogens with zero attached hydrogens (tertiary/aromatic N) is 3. The Morgan fingerprint density at radius 2 is 1.39 bits per heavy atom. The Labute approximate surface area is 403 Å². The standard InChI is InChI=1S/C45H53ClF5N5O14/c46-29-8-6-27(7-9-29)20-33(59)52-22-31(58)43(62)45-42(53-34(60)24-57)32(21-36(70-45)68-25-28-4-2-1-3-5-28)67-26-30-23-56(55-54-30)11-13-64-15-17-66-19-18-65-16-14-63-12-10-35(61)69-44-40(50)38(48)37(47)39(49)41(44)51/h1-9,23,31-32,36,42-43,45,57-58,62H,10-22,24-26H2,(H,52,59)(H,53,60)/t31-,32+,36-,42-,43-,45-/m1/s1. The van der Waals surface area contributed by atoms with Crippen molar-refractivity contribution in [1.29, 1.82) is 0 Å². The minimum absolute atomic E-state index is 0.00998. The summed E-state index contributed by atoms with van der Waals surface area (Å²) in [7, 11) is 0. The van der Waals surface area contributed by atoms with Crippen LogP contribution in [0.5, 0.6) is 5.75 Å². The first-order chi connectivity index (χ1) is 33.7. The summed E-state index contributed by atoms with van der Waals surface area (Å²) in [6.45, 7) is 0.0441. The molecule has 70 heavy (non-hydrogen) atoms. The lowest BCUT2D eigenvalue weighted by Gasteiger charge is -2.44. The molecule has 0 radical (unpaired) electrons. The zero-order valence-electron chi connectivity index (χ0n) is 37.5. The summed E-state index contributed by atoms with van der Waals surface area (Å²) in [6, 6.07) is 14.8. The number of carbonyl (C=O) groups excluding carboxylic acids is 3. The predicted octanol–water partition coefficient (Wildman–Crippen LogP) is 2.46. The fourth-order valence-electron chi connectivity index (χ4n) is 6.63. The van der Waals surface area contributed by atoms with Gasteiger partial charge in [0.1, 0.15) is 24.5 Å². The van der Waals surface area contributed by atoms with Crippen molar-refractivity contribution < 1.29 is 89.6 Å². The molecular formula is C45H53ClF5N5O14. The van der Waals surface area contributed by atoms with Gasteiger partial charge in [0.25, 0.3) is 0 Å². The quantitative estimate of drug-likeness (QED) is 0.0126. The third-order valence-corrected chi connectivity index (χ3v) is 10.5. The maximum Gasteiger partial charge on any atom is 0.313 e. The highest BCUT2D eigenvalue weighted by Crippen LogP contribution is 2.30. The highest BCUT2D eigenvalue weighted by atomic mass is 35.5. The molecule has 6 atom stereocenters. The van der Waals surface area contributed by atoms with Gasteiger partial charge in [-0.05, 0) is 23.3 Å². The van der Waals surface area contributed by atoms with Crippen LogP contribution in [0.3, 0.4) is 0 Å². The number of ether oxygens (including phenoxy) is 8. The summed E-state index contributed by atoms with van der Waals surface area (Å²) < 4.78 is 113. The Kier molecular flexibility index (Phi) is 23.2. The molecule has 2 heterocycles. The summed E-state index contributed by atoms with van der Waals surface area (Å²) in [6.07, 6.45) is -5.36. The molecule has 1 aliphatic rings. The first-order valence-electron chi connectivity index (χ1n) is 21.9. The molecule has 0 aliphatic carbocycles.